The van der Waals surface area contributed by atoms with Crippen molar-refractivity contribution in [3.05, 3.63) is 114 Å². The van der Waals surface area contributed by atoms with Crippen molar-refractivity contribution >= 4 is 78.0 Å². The SMILES string of the molecule is Cc1cc2c3c(c1)N1c4ccccc4-c4cccc5sc(c1c45)B3c1ccc#cc1N2c1ccc(C(C)(C)C)cc1. The molecule has 3 aliphatic rings. The fraction of sp³-hybridized carbons (Fsp3) is 0.135. The van der Waals surface area contributed by atoms with Crippen LogP contribution < -0.4 is 25.5 Å². The number of aryl methyl sites for hydroxylation is 1. The molecular formula is C37H27BN2S. The first-order valence-corrected chi connectivity index (χ1v) is 15.1. The molecule has 41 heavy (non-hydrogen) atoms. The number of benzene rings is 4. The van der Waals surface area contributed by atoms with E-state index in [2.05, 4.69) is 135 Å². The fourth-order valence-electron chi connectivity index (χ4n) is 7.22. The van der Waals surface area contributed by atoms with Gasteiger partial charge in [-0.25, -0.2) is 0 Å². The number of rotatable bonds is 1. The van der Waals surface area contributed by atoms with Crippen LogP contribution >= 0.6 is 11.3 Å². The Kier molecular flexibility index (Phi) is 4.45. The van der Waals surface area contributed by atoms with Gasteiger partial charge in [-0.1, -0.05) is 75.4 Å². The van der Waals surface area contributed by atoms with Crippen molar-refractivity contribution in [2.45, 2.75) is 33.1 Å². The molecule has 4 heteroatoms. The van der Waals surface area contributed by atoms with Gasteiger partial charge in [-0.05, 0) is 88.5 Å². The summed E-state index contributed by atoms with van der Waals surface area (Å²) >= 11 is 1.95. The van der Waals surface area contributed by atoms with Crippen molar-refractivity contribution in [2.75, 3.05) is 9.80 Å². The molecule has 0 aliphatic carbocycles. The third-order valence-electron chi connectivity index (χ3n) is 9.02. The second-order valence-electron chi connectivity index (χ2n) is 12.5. The summed E-state index contributed by atoms with van der Waals surface area (Å²) in [5.41, 5.74) is 15.4. The van der Waals surface area contributed by atoms with Crippen LogP contribution in [-0.4, -0.2) is 6.71 Å². The second-order valence-corrected chi connectivity index (χ2v) is 13.6. The molecule has 0 spiro atoms. The lowest BCUT2D eigenvalue weighted by molar-refractivity contribution is 0.590. The van der Waals surface area contributed by atoms with E-state index in [9.17, 15) is 0 Å². The first-order chi connectivity index (χ1) is 19.9. The number of para-hydroxylation sites is 1. The first kappa shape index (κ1) is 23.3. The van der Waals surface area contributed by atoms with Crippen molar-refractivity contribution in [3.8, 4) is 11.1 Å². The Hall–Kier alpha value is -4.46. The van der Waals surface area contributed by atoms with Gasteiger partial charge in [0.15, 0.2) is 0 Å². The molecule has 0 saturated heterocycles. The van der Waals surface area contributed by atoms with Crippen LogP contribution in [0.2, 0.25) is 0 Å². The third-order valence-corrected chi connectivity index (χ3v) is 10.2. The van der Waals surface area contributed by atoms with Gasteiger partial charge in [0.2, 0.25) is 0 Å². The molecule has 194 valence electrons. The van der Waals surface area contributed by atoms with E-state index in [0.717, 1.165) is 11.4 Å². The lowest BCUT2D eigenvalue weighted by Gasteiger charge is -2.44. The van der Waals surface area contributed by atoms with E-state index in [1.165, 1.54) is 70.8 Å². The van der Waals surface area contributed by atoms with Crippen molar-refractivity contribution < 1.29 is 0 Å². The fourth-order valence-corrected chi connectivity index (χ4v) is 8.57. The summed E-state index contributed by atoms with van der Waals surface area (Å²) in [4.78, 5) is 4.98. The summed E-state index contributed by atoms with van der Waals surface area (Å²) in [5.74, 6) is 0. The minimum absolute atomic E-state index is 0.101. The molecule has 0 N–H and O–H groups in total. The lowest BCUT2D eigenvalue weighted by atomic mass is 9.36. The third kappa shape index (κ3) is 3.00. The maximum absolute atomic E-state index is 3.56. The summed E-state index contributed by atoms with van der Waals surface area (Å²) < 4.78 is 2.77. The average Bonchev–Trinajstić information content (AvgIpc) is 3.36. The highest BCUT2D eigenvalue weighted by atomic mass is 32.1. The maximum Gasteiger partial charge on any atom is 0.265 e. The Labute approximate surface area is 245 Å². The normalized spacial score (nSPS) is 14.0. The predicted molar refractivity (Wildman–Crippen MR) is 176 cm³/mol. The predicted octanol–water partition coefficient (Wildman–Crippen LogP) is 8.17. The summed E-state index contributed by atoms with van der Waals surface area (Å²) in [5, 5.41) is 1.38. The van der Waals surface area contributed by atoms with Crippen LogP contribution in [0.15, 0.2) is 91.0 Å². The highest BCUT2D eigenvalue weighted by Crippen LogP contribution is 2.54. The van der Waals surface area contributed by atoms with E-state index in [1.807, 2.05) is 17.4 Å². The topological polar surface area (TPSA) is 6.48 Å². The number of nitrogens with zero attached hydrogens (tertiary/aromatic N) is 2. The number of hydrogen-bond donors (Lipinski definition) is 0. The lowest BCUT2D eigenvalue weighted by Crippen LogP contribution is -2.60. The molecule has 6 aromatic rings. The van der Waals surface area contributed by atoms with E-state index >= 15 is 0 Å². The van der Waals surface area contributed by atoms with Crippen molar-refractivity contribution in [3.63, 3.8) is 0 Å². The molecule has 4 heterocycles. The first-order valence-electron chi connectivity index (χ1n) is 14.3. The molecule has 0 amide bonds. The molecule has 2 nitrogen and oxygen atoms in total. The zero-order chi connectivity index (χ0) is 27.6. The number of anilines is 6. The average molecular weight is 543 g/mol. The quantitative estimate of drug-likeness (QED) is 0.193. The van der Waals surface area contributed by atoms with Crippen molar-refractivity contribution in [1.82, 2.24) is 0 Å². The maximum atomic E-state index is 3.56. The zero-order valence-corrected chi connectivity index (χ0v) is 24.4. The Bertz CT molecular complexity index is 2060. The summed E-state index contributed by atoms with van der Waals surface area (Å²) in [6.45, 7) is 9.19. The summed E-state index contributed by atoms with van der Waals surface area (Å²) in [6, 6.07) is 40.7. The van der Waals surface area contributed by atoms with Gasteiger partial charge in [0.1, 0.15) is 0 Å². The molecule has 0 saturated carbocycles. The van der Waals surface area contributed by atoms with Crippen LogP contribution in [0.4, 0.5) is 34.1 Å². The van der Waals surface area contributed by atoms with Crippen LogP contribution in [0.3, 0.4) is 0 Å². The number of hydrogen-bond acceptors (Lipinski definition) is 3. The van der Waals surface area contributed by atoms with Gasteiger partial charge in [0.05, 0.1) is 17.1 Å². The molecule has 0 bridgehead atoms. The Morgan fingerprint density at radius 2 is 1.54 bits per heavy atom. The molecule has 5 aromatic carbocycles. The Morgan fingerprint density at radius 1 is 0.780 bits per heavy atom. The summed E-state index contributed by atoms with van der Waals surface area (Å²) in [6.07, 6.45) is 0. The smallest absolute Gasteiger partial charge is 0.265 e. The van der Waals surface area contributed by atoms with Gasteiger partial charge < -0.3 is 9.80 Å². The monoisotopic (exact) mass is 542 g/mol. The van der Waals surface area contributed by atoms with Gasteiger partial charge in [0, 0.05) is 37.5 Å². The molecule has 0 fully saturated rings. The standard InChI is InChI=1S/C37H27BN2S/c1-22-20-30-34-31(21-22)40-28-13-7-5-10-25(28)26-11-9-15-32-33(26)35(40)36(41-32)38(34)27-12-6-8-14-29(27)39(30)24-18-16-23(17-19-24)37(2,3)4/h5-7,9-13,15-21H,1-4H3. The van der Waals surface area contributed by atoms with Gasteiger partial charge in [-0.15, -0.1) is 11.3 Å². The molecule has 3 aliphatic heterocycles. The van der Waals surface area contributed by atoms with Crippen LogP contribution in [0, 0.1) is 19.1 Å². The minimum atomic E-state index is 0.101. The highest BCUT2D eigenvalue weighted by Gasteiger charge is 2.46. The van der Waals surface area contributed by atoms with Crippen LogP contribution in [0.5, 0.6) is 0 Å². The molecular weight excluding hydrogens is 515 g/mol. The number of fused-ring (bicyclic) bond motifs is 7. The minimum Gasteiger partial charge on any atom is -0.309 e. The molecule has 0 unspecified atom stereocenters. The van der Waals surface area contributed by atoms with Crippen LogP contribution in [0.25, 0.3) is 21.2 Å². The highest BCUT2D eigenvalue weighted by molar-refractivity contribution is 7.33. The molecule has 1 aromatic heterocycles. The van der Waals surface area contributed by atoms with Crippen LogP contribution in [-0.2, 0) is 5.41 Å². The molecule has 0 radical (unpaired) electrons. The van der Waals surface area contributed by atoms with E-state index < -0.39 is 0 Å². The zero-order valence-electron chi connectivity index (χ0n) is 23.5. The van der Waals surface area contributed by atoms with Gasteiger partial charge in [-0.2, -0.15) is 0 Å². The second kappa shape index (κ2) is 7.84. The Balaban J connectivity index is 1.39. The van der Waals surface area contributed by atoms with E-state index in [4.69, 9.17) is 0 Å². The summed E-state index contributed by atoms with van der Waals surface area (Å²) in [7, 11) is 0. The molecule has 9 rings (SSSR count). The number of thiophene rings is 1. The van der Waals surface area contributed by atoms with Gasteiger partial charge in [0.25, 0.3) is 6.71 Å². The molecule has 0 atom stereocenters. The van der Waals surface area contributed by atoms with Crippen LogP contribution in [0.1, 0.15) is 31.9 Å². The van der Waals surface area contributed by atoms with E-state index in [-0.39, 0.29) is 12.1 Å². The van der Waals surface area contributed by atoms with Gasteiger partial charge in [-0.3, -0.25) is 0 Å². The Morgan fingerprint density at radius 3 is 2.34 bits per heavy atom. The van der Waals surface area contributed by atoms with Crippen molar-refractivity contribution in [2.24, 2.45) is 0 Å². The largest absolute Gasteiger partial charge is 0.309 e. The van der Waals surface area contributed by atoms with Crippen molar-refractivity contribution in [1.29, 1.82) is 0 Å². The van der Waals surface area contributed by atoms with Gasteiger partial charge >= 0.3 is 0 Å². The van der Waals surface area contributed by atoms with E-state index in [1.54, 1.807) is 0 Å². The van der Waals surface area contributed by atoms with E-state index in [0.29, 0.717) is 0 Å².